The van der Waals surface area contributed by atoms with Crippen LogP contribution in [-0.4, -0.2) is 13.2 Å². The first kappa shape index (κ1) is 6.56. The van der Waals surface area contributed by atoms with Crippen molar-refractivity contribution < 1.29 is 13.5 Å². The molecule has 0 aromatic rings. The lowest BCUT2D eigenvalue weighted by Crippen LogP contribution is -1.96. The summed E-state index contributed by atoms with van der Waals surface area (Å²) >= 11 is 0. The van der Waals surface area contributed by atoms with Crippen molar-refractivity contribution in [2.75, 3.05) is 6.61 Å². The van der Waals surface area contributed by atoms with Gasteiger partial charge in [-0.3, -0.25) is 0 Å². The lowest BCUT2D eigenvalue weighted by Gasteiger charge is -1.93. The monoisotopic (exact) mass is 108 g/mol. The summed E-state index contributed by atoms with van der Waals surface area (Å²) in [7, 11) is 0. The smallest absolute Gasteiger partial charge is 0.319 e. The quantitative estimate of drug-likeness (QED) is 0.496. The van der Waals surface area contributed by atoms with Crippen molar-refractivity contribution in [3.63, 3.8) is 0 Å². The van der Waals surface area contributed by atoms with Crippen LogP contribution in [0.15, 0.2) is 12.7 Å². The molecule has 0 aromatic heterocycles. The average Bonchev–Trinajstić information content (AvgIpc) is 1.61. The molecule has 3 heteroatoms. The van der Waals surface area contributed by atoms with Crippen LogP contribution < -0.4 is 0 Å². The number of alkyl halides is 2. The fourth-order valence-corrected chi connectivity index (χ4v) is 0.141. The highest BCUT2D eigenvalue weighted by atomic mass is 19.3. The number of ether oxygens (including phenoxy) is 1. The van der Waals surface area contributed by atoms with Gasteiger partial charge in [0, 0.05) is 0 Å². The molecule has 0 aliphatic rings. The van der Waals surface area contributed by atoms with E-state index >= 15 is 0 Å². The van der Waals surface area contributed by atoms with Crippen LogP contribution in [0.1, 0.15) is 0 Å². The number of halogens is 2. The SMILES string of the molecule is C=CCOC(F)F. The maximum Gasteiger partial charge on any atom is 0.345 e. The third-order valence-corrected chi connectivity index (χ3v) is 0.340. The van der Waals surface area contributed by atoms with Gasteiger partial charge in [-0.2, -0.15) is 8.78 Å². The highest BCUT2D eigenvalue weighted by Gasteiger charge is 1.95. The minimum atomic E-state index is -2.67. The van der Waals surface area contributed by atoms with Crippen LogP contribution in [0.4, 0.5) is 8.78 Å². The van der Waals surface area contributed by atoms with Gasteiger partial charge in [-0.25, -0.2) is 0 Å². The molecular formula is C4H6F2O. The van der Waals surface area contributed by atoms with Crippen molar-refractivity contribution in [1.29, 1.82) is 0 Å². The Morgan fingerprint density at radius 2 is 2.29 bits per heavy atom. The van der Waals surface area contributed by atoms with Crippen LogP contribution in [0.2, 0.25) is 0 Å². The molecule has 0 unspecified atom stereocenters. The summed E-state index contributed by atoms with van der Waals surface area (Å²) in [4.78, 5) is 0. The first-order valence-corrected chi connectivity index (χ1v) is 1.78. The normalized spacial score (nSPS) is 9.57. The standard InChI is InChI=1S/C4H6F2O/c1-2-3-7-4(5)6/h2,4H,1,3H2. The molecule has 1 nitrogen and oxygen atoms in total. The van der Waals surface area contributed by atoms with E-state index < -0.39 is 6.61 Å². The molecule has 0 aliphatic carbocycles. The number of rotatable bonds is 3. The summed E-state index contributed by atoms with van der Waals surface area (Å²) in [5, 5.41) is 0. The Morgan fingerprint density at radius 3 is 2.43 bits per heavy atom. The molecule has 0 aliphatic heterocycles. The lowest BCUT2D eigenvalue weighted by atomic mass is 10.7. The second kappa shape index (κ2) is 3.74. The van der Waals surface area contributed by atoms with Gasteiger partial charge in [-0.15, -0.1) is 6.58 Å². The van der Waals surface area contributed by atoms with Crippen LogP contribution in [0.5, 0.6) is 0 Å². The molecule has 42 valence electrons. The van der Waals surface area contributed by atoms with Crippen molar-refractivity contribution in [1.82, 2.24) is 0 Å². The van der Waals surface area contributed by atoms with Gasteiger partial charge < -0.3 is 4.74 Å². The van der Waals surface area contributed by atoms with E-state index in [0.29, 0.717) is 0 Å². The second-order valence-electron chi connectivity index (χ2n) is 0.883. The first-order chi connectivity index (χ1) is 3.27. The Hall–Kier alpha value is -0.440. The predicted octanol–water partition coefficient (Wildman–Crippen LogP) is 1.41. The van der Waals surface area contributed by atoms with E-state index in [1.54, 1.807) is 0 Å². The molecule has 0 rings (SSSR count). The number of hydrogen-bond acceptors (Lipinski definition) is 1. The molecule has 0 aromatic carbocycles. The van der Waals surface area contributed by atoms with Crippen LogP contribution in [0, 0.1) is 0 Å². The third kappa shape index (κ3) is 5.56. The van der Waals surface area contributed by atoms with Crippen LogP contribution in [0.3, 0.4) is 0 Å². The van der Waals surface area contributed by atoms with Gasteiger partial charge in [-0.05, 0) is 0 Å². The molecule has 0 fully saturated rings. The zero-order valence-electron chi connectivity index (χ0n) is 3.73. The summed E-state index contributed by atoms with van der Waals surface area (Å²) < 4.78 is 25.6. The largest absolute Gasteiger partial charge is 0.345 e. The van der Waals surface area contributed by atoms with E-state index in [9.17, 15) is 8.78 Å². The molecule has 0 N–H and O–H groups in total. The molecule has 0 saturated heterocycles. The van der Waals surface area contributed by atoms with Crippen molar-refractivity contribution >= 4 is 0 Å². The Balaban J connectivity index is 2.81. The van der Waals surface area contributed by atoms with Gasteiger partial charge in [-0.1, -0.05) is 6.08 Å². The molecule has 0 amide bonds. The van der Waals surface area contributed by atoms with Crippen molar-refractivity contribution in [3.05, 3.63) is 12.7 Å². The van der Waals surface area contributed by atoms with Gasteiger partial charge in [0.15, 0.2) is 0 Å². The second-order valence-corrected chi connectivity index (χ2v) is 0.883. The van der Waals surface area contributed by atoms with Crippen LogP contribution in [0.25, 0.3) is 0 Å². The molecule has 0 radical (unpaired) electrons. The zero-order valence-corrected chi connectivity index (χ0v) is 3.73. The third-order valence-electron chi connectivity index (χ3n) is 0.340. The van der Waals surface area contributed by atoms with E-state index in [1.165, 1.54) is 6.08 Å². The summed E-state index contributed by atoms with van der Waals surface area (Å²) in [6, 6.07) is 0. The first-order valence-electron chi connectivity index (χ1n) is 1.78. The zero-order chi connectivity index (χ0) is 5.70. The minimum Gasteiger partial charge on any atom is -0.319 e. The summed E-state index contributed by atoms with van der Waals surface area (Å²) in [5.41, 5.74) is 0. The van der Waals surface area contributed by atoms with E-state index in [2.05, 4.69) is 11.3 Å². The van der Waals surface area contributed by atoms with Gasteiger partial charge >= 0.3 is 6.61 Å². The van der Waals surface area contributed by atoms with Crippen molar-refractivity contribution in [2.45, 2.75) is 6.61 Å². The topological polar surface area (TPSA) is 9.23 Å². The van der Waals surface area contributed by atoms with Crippen LogP contribution >= 0.6 is 0 Å². The van der Waals surface area contributed by atoms with Crippen molar-refractivity contribution in [2.24, 2.45) is 0 Å². The molecule has 0 atom stereocenters. The molecule has 7 heavy (non-hydrogen) atoms. The van der Waals surface area contributed by atoms with Gasteiger partial charge in [0.1, 0.15) is 0 Å². The number of hydrogen-bond donors (Lipinski definition) is 0. The maximum atomic E-state index is 11.0. The Labute approximate surface area is 40.6 Å². The predicted molar refractivity (Wildman–Crippen MR) is 22.2 cm³/mol. The Bertz CT molecular complexity index is 53.7. The molecule has 0 saturated carbocycles. The fraction of sp³-hybridized carbons (Fsp3) is 0.500. The van der Waals surface area contributed by atoms with E-state index in [4.69, 9.17) is 0 Å². The van der Waals surface area contributed by atoms with Crippen LogP contribution in [-0.2, 0) is 4.74 Å². The van der Waals surface area contributed by atoms with Gasteiger partial charge in [0.25, 0.3) is 0 Å². The summed E-state index contributed by atoms with van der Waals surface area (Å²) in [6.45, 7) is 0.420. The van der Waals surface area contributed by atoms with Gasteiger partial charge in [0.2, 0.25) is 0 Å². The molecule has 0 heterocycles. The molecular weight excluding hydrogens is 102 g/mol. The highest BCUT2D eigenvalue weighted by molar-refractivity contribution is 4.63. The molecule has 0 bridgehead atoms. The van der Waals surface area contributed by atoms with Gasteiger partial charge in [0.05, 0.1) is 6.61 Å². The highest BCUT2D eigenvalue weighted by Crippen LogP contribution is 1.92. The van der Waals surface area contributed by atoms with Crippen molar-refractivity contribution in [3.8, 4) is 0 Å². The van der Waals surface area contributed by atoms with E-state index in [0.717, 1.165) is 0 Å². The fourth-order valence-electron chi connectivity index (χ4n) is 0.141. The summed E-state index contributed by atoms with van der Waals surface area (Å²) in [5.74, 6) is 0. The Kier molecular flexibility index (Phi) is 3.50. The van der Waals surface area contributed by atoms with E-state index in [1.807, 2.05) is 0 Å². The lowest BCUT2D eigenvalue weighted by molar-refractivity contribution is -0.119. The molecule has 0 spiro atoms. The summed E-state index contributed by atoms with van der Waals surface area (Å²) in [6.07, 6.45) is 1.27. The Morgan fingerprint density at radius 1 is 1.71 bits per heavy atom. The minimum absolute atomic E-state index is 0.0856. The average molecular weight is 108 g/mol. The maximum absolute atomic E-state index is 11.0. The van der Waals surface area contributed by atoms with E-state index in [-0.39, 0.29) is 6.61 Å².